The second-order valence-electron chi connectivity index (χ2n) is 3.45. The van der Waals surface area contributed by atoms with Gasteiger partial charge in [-0.25, -0.2) is 0 Å². The van der Waals surface area contributed by atoms with Crippen molar-refractivity contribution in [2.24, 2.45) is 0 Å². The smallest absolute Gasteiger partial charge is 0.481 e. The molecule has 3 nitrogen and oxygen atoms in total. The zero-order chi connectivity index (χ0) is 12.5. The van der Waals surface area contributed by atoms with Gasteiger partial charge in [-0.3, -0.25) is 9.59 Å². The van der Waals surface area contributed by atoms with E-state index < -0.39 is 5.97 Å². The van der Waals surface area contributed by atoms with E-state index in [-0.39, 0.29) is 35.7 Å². The summed E-state index contributed by atoms with van der Waals surface area (Å²) in [6, 6.07) is 0. The number of carboxylic acids is 1. The van der Waals surface area contributed by atoms with Crippen molar-refractivity contribution in [1.82, 2.24) is 0 Å². The van der Waals surface area contributed by atoms with Crippen molar-refractivity contribution in [3.05, 3.63) is 63.7 Å². The number of hydrogen-bond donors (Lipinski definition) is 1. The summed E-state index contributed by atoms with van der Waals surface area (Å²) < 4.78 is 0. The molecule has 0 amide bonds. The average molecular weight is 286 g/mol. The van der Waals surface area contributed by atoms with E-state index in [9.17, 15) is 9.59 Å². The second-order valence-corrected chi connectivity index (χ2v) is 3.45. The molecule has 0 aromatic carbocycles. The van der Waals surface area contributed by atoms with Crippen LogP contribution in [0.4, 0.5) is 0 Å². The van der Waals surface area contributed by atoms with Gasteiger partial charge in [-0.2, -0.15) is 0 Å². The van der Waals surface area contributed by atoms with E-state index in [4.69, 9.17) is 5.11 Å². The minimum atomic E-state index is -0.935. The maximum absolute atomic E-state index is 11.1. The molecular formula is C14H14FeO3+2. The van der Waals surface area contributed by atoms with Crippen LogP contribution in [-0.4, -0.2) is 16.9 Å². The summed E-state index contributed by atoms with van der Waals surface area (Å²) >= 11 is 0. The third-order valence-electron chi connectivity index (χ3n) is 2.11. The van der Waals surface area contributed by atoms with E-state index in [1.807, 2.05) is 32.1 Å². The van der Waals surface area contributed by atoms with Crippen molar-refractivity contribution in [3.8, 4) is 0 Å². The first-order valence-electron chi connectivity index (χ1n) is 5.33. The van der Waals surface area contributed by atoms with Crippen molar-refractivity contribution >= 4 is 11.8 Å². The molecule has 0 aromatic heterocycles. The van der Waals surface area contributed by atoms with E-state index in [0.717, 1.165) is 0 Å². The second kappa shape index (κ2) is 10.6. The monoisotopic (exact) mass is 286 g/mol. The van der Waals surface area contributed by atoms with Crippen molar-refractivity contribution in [2.75, 3.05) is 0 Å². The normalized spacial score (nSPS) is 18.7. The SMILES string of the molecule is O=C(O)CCC(=O)[C]1[CH][CH][CH][CH]1.[CH]1[CH][CH][CH][CH]1.[Fe+2]. The number of rotatable bonds is 4. The molecule has 10 radical (unpaired) electrons. The number of ketones is 1. The average Bonchev–Trinajstić information content (AvgIpc) is 2.99. The third kappa shape index (κ3) is 7.88. The Morgan fingerprint density at radius 2 is 1.28 bits per heavy atom. The summed E-state index contributed by atoms with van der Waals surface area (Å²) in [5.74, 6) is -0.450. The van der Waals surface area contributed by atoms with E-state index in [2.05, 4.69) is 0 Å². The molecule has 94 valence electrons. The van der Waals surface area contributed by atoms with Gasteiger partial charge in [0.15, 0.2) is 0 Å². The number of aliphatic carboxylic acids is 1. The Bertz CT molecular complexity index is 236. The van der Waals surface area contributed by atoms with Gasteiger partial charge in [0.2, 0.25) is 0 Å². The van der Waals surface area contributed by atoms with Gasteiger partial charge in [0.1, 0.15) is 5.78 Å². The van der Waals surface area contributed by atoms with Gasteiger partial charge in [0, 0.05) is 12.3 Å². The van der Waals surface area contributed by atoms with Gasteiger partial charge in [0.25, 0.3) is 0 Å². The quantitative estimate of drug-likeness (QED) is 0.802. The van der Waals surface area contributed by atoms with Crippen LogP contribution in [0.25, 0.3) is 0 Å². The van der Waals surface area contributed by atoms with Crippen molar-refractivity contribution in [2.45, 2.75) is 12.8 Å². The van der Waals surface area contributed by atoms with Gasteiger partial charge < -0.3 is 5.11 Å². The molecule has 2 fully saturated rings. The van der Waals surface area contributed by atoms with E-state index in [1.54, 1.807) is 25.7 Å². The fourth-order valence-electron chi connectivity index (χ4n) is 1.25. The molecule has 0 aromatic rings. The number of Topliss-reactive ketones (excluding diaryl/α,β-unsaturated/α-hetero) is 1. The van der Waals surface area contributed by atoms with Crippen LogP contribution < -0.4 is 0 Å². The maximum atomic E-state index is 11.1. The van der Waals surface area contributed by atoms with Crippen LogP contribution in [0.1, 0.15) is 12.8 Å². The van der Waals surface area contributed by atoms with Crippen LogP contribution in [0.3, 0.4) is 0 Å². The number of carbonyl (C=O) groups is 2. The van der Waals surface area contributed by atoms with Crippen molar-refractivity contribution in [3.63, 3.8) is 0 Å². The Morgan fingerprint density at radius 3 is 1.67 bits per heavy atom. The minimum Gasteiger partial charge on any atom is -0.481 e. The van der Waals surface area contributed by atoms with Crippen LogP contribution in [0.2, 0.25) is 0 Å². The van der Waals surface area contributed by atoms with Gasteiger partial charge in [-0.05, 0) is 57.8 Å². The number of carboxylic acid groups (broad SMARTS) is 1. The van der Waals surface area contributed by atoms with Gasteiger partial charge in [-0.15, -0.1) is 0 Å². The van der Waals surface area contributed by atoms with Gasteiger partial charge >= 0.3 is 23.0 Å². The molecule has 0 unspecified atom stereocenters. The zero-order valence-corrected chi connectivity index (χ0v) is 10.8. The first-order valence-corrected chi connectivity index (χ1v) is 5.33. The molecule has 0 atom stereocenters. The summed E-state index contributed by atoms with van der Waals surface area (Å²) in [6.45, 7) is 0. The molecule has 0 spiro atoms. The van der Waals surface area contributed by atoms with Crippen LogP contribution in [0.5, 0.6) is 0 Å². The molecule has 2 aliphatic carbocycles. The Balaban J connectivity index is 0.000000405. The first-order chi connectivity index (χ1) is 8.20. The van der Waals surface area contributed by atoms with Crippen molar-refractivity contribution < 1.29 is 31.8 Å². The molecule has 0 heterocycles. The summed E-state index contributed by atoms with van der Waals surface area (Å²) in [7, 11) is 0. The number of carbonyl (C=O) groups excluding carboxylic acids is 1. The molecular weight excluding hydrogens is 272 g/mol. The molecule has 2 saturated carbocycles. The summed E-state index contributed by atoms with van der Waals surface area (Å²) in [4.78, 5) is 21.3. The molecule has 0 saturated heterocycles. The van der Waals surface area contributed by atoms with E-state index in [0.29, 0.717) is 5.92 Å². The first kappa shape index (κ1) is 17.7. The third-order valence-corrected chi connectivity index (χ3v) is 2.11. The van der Waals surface area contributed by atoms with Crippen LogP contribution in [0, 0.1) is 63.7 Å². The molecule has 2 rings (SSSR count). The Morgan fingerprint density at radius 1 is 0.833 bits per heavy atom. The van der Waals surface area contributed by atoms with Crippen LogP contribution in [0.15, 0.2) is 0 Å². The van der Waals surface area contributed by atoms with Crippen LogP contribution >= 0.6 is 0 Å². The number of hydrogen-bond acceptors (Lipinski definition) is 2. The molecule has 1 N–H and O–H groups in total. The van der Waals surface area contributed by atoms with E-state index >= 15 is 0 Å². The topological polar surface area (TPSA) is 54.4 Å². The Labute approximate surface area is 120 Å². The molecule has 4 heteroatoms. The fraction of sp³-hybridized carbons (Fsp3) is 0.143. The molecule has 18 heavy (non-hydrogen) atoms. The summed E-state index contributed by atoms with van der Waals surface area (Å²) in [5, 5.41) is 8.31. The fourth-order valence-corrected chi connectivity index (χ4v) is 1.25. The molecule has 0 bridgehead atoms. The van der Waals surface area contributed by atoms with Gasteiger partial charge in [0.05, 0.1) is 6.42 Å². The Hall–Kier alpha value is -0.341. The molecule has 2 aliphatic rings. The standard InChI is InChI=1S/C9H9O3.C5H5.Fe/c10-8(5-6-9(11)12)7-3-1-2-4-7;1-2-4-5-3-1;/h1-4H,5-6H2,(H,11,12);1-5H;/q;;+2. The maximum Gasteiger partial charge on any atom is 2.00 e. The largest absolute Gasteiger partial charge is 2.00 e. The van der Waals surface area contributed by atoms with Crippen LogP contribution in [-0.2, 0) is 26.7 Å². The predicted molar refractivity (Wildman–Crippen MR) is 63.8 cm³/mol. The van der Waals surface area contributed by atoms with Gasteiger partial charge in [-0.1, -0.05) is 0 Å². The summed E-state index contributed by atoms with van der Waals surface area (Å²) in [6.07, 6.45) is 16.9. The Kier molecular flexibility index (Phi) is 10.4. The minimum absolute atomic E-state index is 0. The zero-order valence-electron chi connectivity index (χ0n) is 9.73. The molecule has 0 aliphatic heterocycles. The van der Waals surface area contributed by atoms with Crippen molar-refractivity contribution in [1.29, 1.82) is 0 Å². The van der Waals surface area contributed by atoms with E-state index in [1.165, 1.54) is 0 Å². The summed E-state index contributed by atoms with van der Waals surface area (Å²) in [5.41, 5.74) is 0. The predicted octanol–water partition coefficient (Wildman–Crippen LogP) is 1.84.